The predicted octanol–water partition coefficient (Wildman–Crippen LogP) is 3.43. The molecule has 0 unspecified atom stereocenters. The third-order valence-corrected chi connectivity index (χ3v) is 3.55. The average molecular weight is 439 g/mol. The molecule has 1 N–H and O–H groups in total. The number of hydrogen-bond donors (Lipinski definition) is 1. The minimum absolute atomic E-state index is 0. The van der Waals surface area contributed by atoms with Gasteiger partial charge in [-0.1, -0.05) is 48.5 Å². The van der Waals surface area contributed by atoms with Crippen molar-refractivity contribution in [3.05, 3.63) is 66.2 Å². The molecule has 0 aliphatic carbocycles. The normalized spacial score (nSPS) is 10.7. The highest BCUT2D eigenvalue weighted by molar-refractivity contribution is 14.0. The molecule has 0 amide bonds. The molecule has 24 heavy (non-hydrogen) atoms. The van der Waals surface area contributed by atoms with E-state index in [2.05, 4.69) is 39.5 Å². The van der Waals surface area contributed by atoms with Gasteiger partial charge in [-0.15, -0.1) is 24.0 Å². The van der Waals surface area contributed by atoms with Crippen molar-refractivity contribution in [1.29, 1.82) is 0 Å². The van der Waals surface area contributed by atoms with E-state index < -0.39 is 0 Å². The molecule has 0 fully saturated rings. The molecule has 0 saturated carbocycles. The molecule has 0 atom stereocenters. The number of halogens is 1. The molecule has 0 aliphatic rings. The van der Waals surface area contributed by atoms with E-state index >= 15 is 0 Å². The Morgan fingerprint density at radius 1 is 1.04 bits per heavy atom. The van der Waals surface area contributed by atoms with Crippen LogP contribution in [-0.4, -0.2) is 44.7 Å². The van der Waals surface area contributed by atoms with Gasteiger partial charge in [0.15, 0.2) is 5.96 Å². The first kappa shape index (κ1) is 20.3. The highest BCUT2D eigenvalue weighted by Crippen LogP contribution is 2.07. The van der Waals surface area contributed by atoms with Gasteiger partial charge in [0.05, 0.1) is 6.54 Å². The van der Waals surface area contributed by atoms with Crippen molar-refractivity contribution in [1.82, 2.24) is 10.2 Å². The largest absolute Gasteiger partial charge is 0.492 e. The SMILES string of the molecule is CN=C(NCCc1ccccc1)N(C)CCOc1ccccc1.I. The summed E-state index contributed by atoms with van der Waals surface area (Å²) in [5.74, 6) is 1.78. The zero-order valence-corrected chi connectivity index (χ0v) is 16.6. The summed E-state index contributed by atoms with van der Waals surface area (Å²) in [6, 6.07) is 20.3. The van der Waals surface area contributed by atoms with E-state index in [1.54, 1.807) is 7.05 Å². The quantitative estimate of drug-likeness (QED) is 0.408. The summed E-state index contributed by atoms with van der Waals surface area (Å²) in [5.41, 5.74) is 1.32. The minimum atomic E-state index is 0. The van der Waals surface area contributed by atoms with Crippen LogP contribution in [0.5, 0.6) is 5.75 Å². The number of aliphatic imine (C=N–C) groups is 1. The maximum absolute atomic E-state index is 5.72. The summed E-state index contributed by atoms with van der Waals surface area (Å²) in [4.78, 5) is 6.40. The summed E-state index contributed by atoms with van der Waals surface area (Å²) in [6.45, 7) is 2.26. The number of hydrogen-bond acceptors (Lipinski definition) is 2. The Morgan fingerprint density at radius 3 is 2.29 bits per heavy atom. The standard InChI is InChI=1S/C19H25N3O.HI/c1-20-19(21-14-13-17-9-5-3-6-10-17)22(2)15-16-23-18-11-7-4-8-12-18;/h3-12H,13-16H2,1-2H3,(H,20,21);1H. The molecule has 5 heteroatoms. The summed E-state index contributed by atoms with van der Waals surface area (Å²) < 4.78 is 5.72. The molecule has 0 radical (unpaired) electrons. The number of likely N-dealkylation sites (N-methyl/N-ethyl adjacent to an activating group) is 1. The number of ether oxygens (including phenoxy) is 1. The van der Waals surface area contributed by atoms with E-state index in [1.165, 1.54) is 5.56 Å². The Kier molecular flexibility index (Phi) is 9.91. The second-order valence-corrected chi connectivity index (χ2v) is 5.29. The third kappa shape index (κ3) is 7.21. The van der Waals surface area contributed by atoms with Crippen LogP contribution in [0.4, 0.5) is 0 Å². The molecule has 0 bridgehead atoms. The molecule has 0 spiro atoms. The maximum atomic E-state index is 5.72. The Hall–Kier alpha value is -1.76. The van der Waals surface area contributed by atoms with E-state index in [-0.39, 0.29) is 24.0 Å². The molecule has 2 aromatic rings. The summed E-state index contributed by atoms with van der Waals surface area (Å²) in [5, 5.41) is 3.39. The van der Waals surface area contributed by atoms with Gasteiger partial charge in [-0.25, -0.2) is 0 Å². The van der Waals surface area contributed by atoms with Crippen molar-refractivity contribution < 1.29 is 4.74 Å². The van der Waals surface area contributed by atoms with Crippen molar-refractivity contribution in [2.75, 3.05) is 33.8 Å². The maximum Gasteiger partial charge on any atom is 0.193 e. The van der Waals surface area contributed by atoms with E-state index in [9.17, 15) is 0 Å². The predicted molar refractivity (Wildman–Crippen MR) is 111 cm³/mol. The highest BCUT2D eigenvalue weighted by atomic mass is 127. The Morgan fingerprint density at radius 2 is 1.67 bits per heavy atom. The number of nitrogens with zero attached hydrogens (tertiary/aromatic N) is 2. The topological polar surface area (TPSA) is 36.9 Å². The monoisotopic (exact) mass is 439 g/mol. The van der Waals surface area contributed by atoms with Crippen LogP contribution < -0.4 is 10.1 Å². The van der Waals surface area contributed by atoms with Gasteiger partial charge in [0.25, 0.3) is 0 Å². The lowest BCUT2D eigenvalue weighted by Gasteiger charge is -2.22. The fraction of sp³-hybridized carbons (Fsp3) is 0.316. The fourth-order valence-corrected chi connectivity index (χ4v) is 2.27. The van der Waals surface area contributed by atoms with Crippen molar-refractivity contribution in [3.8, 4) is 5.75 Å². The molecule has 0 aliphatic heterocycles. The zero-order chi connectivity index (χ0) is 16.3. The summed E-state index contributed by atoms with van der Waals surface area (Å²) >= 11 is 0. The Labute approximate surface area is 162 Å². The van der Waals surface area contributed by atoms with Gasteiger partial charge >= 0.3 is 0 Å². The smallest absolute Gasteiger partial charge is 0.193 e. The van der Waals surface area contributed by atoms with Crippen molar-refractivity contribution >= 4 is 29.9 Å². The van der Waals surface area contributed by atoms with Gasteiger partial charge in [0, 0.05) is 20.6 Å². The molecular weight excluding hydrogens is 413 g/mol. The van der Waals surface area contributed by atoms with Crippen LogP contribution in [0.15, 0.2) is 65.7 Å². The molecule has 0 saturated heterocycles. The minimum Gasteiger partial charge on any atom is -0.492 e. The molecule has 130 valence electrons. The summed E-state index contributed by atoms with van der Waals surface area (Å²) in [7, 11) is 3.83. The fourth-order valence-electron chi connectivity index (χ4n) is 2.27. The van der Waals surface area contributed by atoms with Crippen LogP contribution in [0.25, 0.3) is 0 Å². The van der Waals surface area contributed by atoms with Crippen molar-refractivity contribution in [2.45, 2.75) is 6.42 Å². The summed E-state index contributed by atoms with van der Waals surface area (Å²) in [6.07, 6.45) is 0.980. The highest BCUT2D eigenvalue weighted by Gasteiger charge is 2.05. The lowest BCUT2D eigenvalue weighted by Crippen LogP contribution is -2.41. The van der Waals surface area contributed by atoms with E-state index in [1.807, 2.05) is 43.4 Å². The van der Waals surface area contributed by atoms with E-state index in [0.29, 0.717) is 6.61 Å². The molecule has 0 aromatic heterocycles. The van der Waals surface area contributed by atoms with E-state index in [0.717, 1.165) is 31.2 Å². The van der Waals surface area contributed by atoms with Crippen LogP contribution in [0.1, 0.15) is 5.56 Å². The average Bonchev–Trinajstić information content (AvgIpc) is 2.60. The zero-order valence-electron chi connectivity index (χ0n) is 14.3. The van der Waals surface area contributed by atoms with Crippen molar-refractivity contribution in [2.24, 2.45) is 4.99 Å². The molecule has 0 heterocycles. The lowest BCUT2D eigenvalue weighted by molar-refractivity contribution is 0.281. The number of rotatable bonds is 7. The first-order chi connectivity index (χ1) is 11.3. The first-order valence-corrected chi connectivity index (χ1v) is 7.93. The second-order valence-electron chi connectivity index (χ2n) is 5.29. The lowest BCUT2D eigenvalue weighted by atomic mass is 10.1. The van der Waals surface area contributed by atoms with Gasteiger partial charge in [0.1, 0.15) is 12.4 Å². The first-order valence-electron chi connectivity index (χ1n) is 7.93. The Balaban J connectivity index is 0.00000288. The molecule has 2 rings (SSSR count). The number of nitrogens with one attached hydrogen (secondary N) is 1. The van der Waals surface area contributed by atoms with Gasteiger partial charge in [-0.2, -0.15) is 0 Å². The Bertz CT molecular complexity index is 590. The van der Waals surface area contributed by atoms with E-state index in [4.69, 9.17) is 4.74 Å². The van der Waals surface area contributed by atoms with Gasteiger partial charge < -0.3 is 15.0 Å². The van der Waals surface area contributed by atoms with Crippen molar-refractivity contribution in [3.63, 3.8) is 0 Å². The van der Waals surface area contributed by atoms with Crippen LogP contribution in [0.3, 0.4) is 0 Å². The number of benzene rings is 2. The van der Waals surface area contributed by atoms with Gasteiger partial charge in [0.2, 0.25) is 0 Å². The second kappa shape index (κ2) is 11.7. The molecular formula is C19H26IN3O. The third-order valence-electron chi connectivity index (χ3n) is 3.55. The number of para-hydroxylation sites is 1. The van der Waals surface area contributed by atoms with Gasteiger partial charge in [-0.3, -0.25) is 4.99 Å². The molecule has 4 nitrogen and oxygen atoms in total. The van der Waals surface area contributed by atoms with Crippen LogP contribution >= 0.6 is 24.0 Å². The van der Waals surface area contributed by atoms with Crippen LogP contribution in [-0.2, 0) is 6.42 Å². The van der Waals surface area contributed by atoms with Gasteiger partial charge in [-0.05, 0) is 24.1 Å². The van der Waals surface area contributed by atoms with Crippen LogP contribution in [0, 0.1) is 0 Å². The molecule has 2 aromatic carbocycles. The van der Waals surface area contributed by atoms with Crippen LogP contribution in [0.2, 0.25) is 0 Å². The number of guanidine groups is 1.